The van der Waals surface area contributed by atoms with Crippen molar-refractivity contribution in [2.45, 2.75) is 13.8 Å². The van der Waals surface area contributed by atoms with Crippen molar-refractivity contribution >= 4 is 17.6 Å². The molecule has 0 atom stereocenters. The van der Waals surface area contributed by atoms with Crippen LogP contribution in [0, 0.1) is 13.8 Å². The fourth-order valence-corrected chi connectivity index (χ4v) is 2.93. The van der Waals surface area contributed by atoms with E-state index >= 15 is 0 Å². The second-order valence-corrected chi connectivity index (χ2v) is 6.70. The third kappa shape index (κ3) is 4.60. The Balaban J connectivity index is 1.59. The zero-order valence-electron chi connectivity index (χ0n) is 17.0. The SMILES string of the molecule is Cc1ccccc1OCC(=O)OCC(=O)Nc1c(C)n(C)n(-c2ccccc2)c1=O. The van der Waals surface area contributed by atoms with E-state index in [4.69, 9.17) is 9.47 Å². The maximum Gasteiger partial charge on any atom is 0.344 e. The Morgan fingerprint density at radius 2 is 1.63 bits per heavy atom. The number of amides is 1. The average molecular weight is 409 g/mol. The fourth-order valence-electron chi connectivity index (χ4n) is 2.93. The number of anilines is 1. The summed E-state index contributed by atoms with van der Waals surface area (Å²) < 4.78 is 13.4. The van der Waals surface area contributed by atoms with Gasteiger partial charge < -0.3 is 14.8 Å². The van der Waals surface area contributed by atoms with E-state index in [9.17, 15) is 14.4 Å². The lowest BCUT2D eigenvalue weighted by Crippen LogP contribution is -2.27. The fraction of sp³-hybridized carbons (Fsp3) is 0.227. The van der Waals surface area contributed by atoms with Crippen molar-refractivity contribution in [3.63, 3.8) is 0 Å². The van der Waals surface area contributed by atoms with E-state index in [0.717, 1.165) is 5.56 Å². The number of ether oxygens (including phenoxy) is 2. The number of esters is 1. The van der Waals surface area contributed by atoms with Crippen molar-refractivity contribution < 1.29 is 19.1 Å². The Morgan fingerprint density at radius 1 is 0.967 bits per heavy atom. The molecule has 0 aliphatic rings. The summed E-state index contributed by atoms with van der Waals surface area (Å²) in [5.74, 6) is -0.717. The molecule has 3 rings (SSSR count). The molecule has 0 fully saturated rings. The van der Waals surface area contributed by atoms with Gasteiger partial charge in [0.15, 0.2) is 13.2 Å². The first-order valence-electron chi connectivity index (χ1n) is 9.36. The van der Waals surface area contributed by atoms with Gasteiger partial charge in [-0.3, -0.25) is 14.3 Å². The van der Waals surface area contributed by atoms with Crippen LogP contribution in [-0.2, 0) is 21.4 Å². The number of nitrogens with zero attached hydrogens (tertiary/aromatic N) is 2. The number of nitrogens with one attached hydrogen (secondary N) is 1. The number of aryl methyl sites for hydroxylation is 1. The molecule has 1 amide bonds. The molecule has 8 nitrogen and oxygen atoms in total. The molecular formula is C22H23N3O5. The first-order chi connectivity index (χ1) is 14.4. The molecule has 8 heteroatoms. The maximum absolute atomic E-state index is 12.8. The van der Waals surface area contributed by atoms with E-state index in [0.29, 0.717) is 17.1 Å². The normalized spacial score (nSPS) is 10.5. The van der Waals surface area contributed by atoms with E-state index in [1.165, 1.54) is 4.68 Å². The Hall–Kier alpha value is -3.81. The van der Waals surface area contributed by atoms with Gasteiger partial charge in [-0.15, -0.1) is 0 Å². The van der Waals surface area contributed by atoms with E-state index in [-0.39, 0.29) is 17.9 Å². The van der Waals surface area contributed by atoms with Crippen LogP contribution < -0.4 is 15.6 Å². The molecule has 0 saturated heterocycles. The van der Waals surface area contributed by atoms with Crippen molar-refractivity contribution in [1.29, 1.82) is 0 Å². The highest BCUT2D eigenvalue weighted by molar-refractivity contribution is 5.93. The molecule has 2 aromatic carbocycles. The molecule has 0 bridgehead atoms. The molecule has 1 heterocycles. The van der Waals surface area contributed by atoms with Crippen LogP contribution in [0.1, 0.15) is 11.3 Å². The minimum Gasteiger partial charge on any atom is -0.482 e. The van der Waals surface area contributed by atoms with Crippen molar-refractivity contribution in [2.24, 2.45) is 7.05 Å². The largest absolute Gasteiger partial charge is 0.482 e. The predicted molar refractivity (Wildman–Crippen MR) is 112 cm³/mol. The second kappa shape index (κ2) is 9.13. The van der Waals surface area contributed by atoms with Crippen molar-refractivity contribution in [1.82, 2.24) is 9.36 Å². The molecule has 1 N–H and O–H groups in total. The number of carbonyl (C=O) groups excluding carboxylic acids is 2. The lowest BCUT2D eigenvalue weighted by atomic mass is 10.2. The standard InChI is InChI=1S/C22H23N3O5/c1-15-9-7-8-12-18(15)29-14-20(27)30-13-19(26)23-21-16(2)24(3)25(22(21)28)17-10-5-4-6-11-17/h4-12H,13-14H2,1-3H3,(H,23,26). The summed E-state index contributed by atoms with van der Waals surface area (Å²) in [6.07, 6.45) is 0. The van der Waals surface area contributed by atoms with Gasteiger partial charge in [-0.1, -0.05) is 36.4 Å². The summed E-state index contributed by atoms with van der Waals surface area (Å²) in [5.41, 5.74) is 1.90. The van der Waals surface area contributed by atoms with Crippen molar-refractivity contribution in [2.75, 3.05) is 18.5 Å². The minimum atomic E-state index is -0.681. The third-order valence-electron chi connectivity index (χ3n) is 4.62. The van der Waals surface area contributed by atoms with Crippen LogP contribution in [0.15, 0.2) is 59.4 Å². The van der Waals surface area contributed by atoms with Crippen LogP contribution in [0.2, 0.25) is 0 Å². The Morgan fingerprint density at radius 3 is 2.33 bits per heavy atom. The molecule has 0 aliphatic heterocycles. The molecule has 1 aromatic heterocycles. The van der Waals surface area contributed by atoms with E-state index in [1.54, 1.807) is 42.9 Å². The average Bonchev–Trinajstić information content (AvgIpc) is 2.95. The van der Waals surface area contributed by atoms with Gasteiger partial charge in [0.2, 0.25) is 0 Å². The van der Waals surface area contributed by atoms with Gasteiger partial charge in [0.05, 0.1) is 11.4 Å². The Bertz CT molecular complexity index is 1120. The molecule has 0 radical (unpaired) electrons. The van der Waals surface area contributed by atoms with E-state index in [2.05, 4.69) is 5.32 Å². The molecular weight excluding hydrogens is 386 g/mol. The number of hydrogen-bond acceptors (Lipinski definition) is 5. The molecule has 30 heavy (non-hydrogen) atoms. The number of aromatic nitrogens is 2. The molecule has 0 unspecified atom stereocenters. The highest BCUT2D eigenvalue weighted by atomic mass is 16.6. The third-order valence-corrected chi connectivity index (χ3v) is 4.62. The Labute approximate surface area is 173 Å². The summed E-state index contributed by atoms with van der Waals surface area (Å²) in [7, 11) is 1.72. The monoisotopic (exact) mass is 409 g/mol. The first-order valence-corrected chi connectivity index (χ1v) is 9.36. The number of hydrogen-bond donors (Lipinski definition) is 1. The summed E-state index contributed by atoms with van der Waals surface area (Å²) in [4.78, 5) is 36.9. The lowest BCUT2D eigenvalue weighted by molar-refractivity contribution is -0.149. The maximum atomic E-state index is 12.8. The zero-order valence-corrected chi connectivity index (χ0v) is 17.0. The predicted octanol–water partition coefficient (Wildman–Crippen LogP) is 2.35. The summed E-state index contributed by atoms with van der Waals surface area (Å²) >= 11 is 0. The molecule has 156 valence electrons. The highest BCUT2D eigenvalue weighted by Gasteiger charge is 2.19. The smallest absolute Gasteiger partial charge is 0.344 e. The van der Waals surface area contributed by atoms with Gasteiger partial charge in [-0.2, -0.15) is 0 Å². The van der Waals surface area contributed by atoms with Crippen LogP contribution >= 0.6 is 0 Å². The van der Waals surface area contributed by atoms with Crippen molar-refractivity contribution in [3.05, 3.63) is 76.2 Å². The first kappa shape index (κ1) is 20.9. The minimum absolute atomic E-state index is 0.138. The van der Waals surface area contributed by atoms with Crippen molar-refractivity contribution in [3.8, 4) is 11.4 Å². The molecule has 0 spiro atoms. The van der Waals surface area contributed by atoms with Gasteiger partial charge in [0.25, 0.3) is 11.5 Å². The molecule has 0 aliphatic carbocycles. The summed E-state index contributed by atoms with van der Waals surface area (Å²) in [5, 5.41) is 2.54. The van der Waals surface area contributed by atoms with Gasteiger partial charge in [0, 0.05) is 7.05 Å². The number of rotatable bonds is 7. The number of benzene rings is 2. The van der Waals surface area contributed by atoms with Gasteiger partial charge in [-0.25, -0.2) is 9.48 Å². The highest BCUT2D eigenvalue weighted by Crippen LogP contribution is 2.16. The van der Waals surface area contributed by atoms with Crippen LogP contribution in [0.3, 0.4) is 0 Å². The van der Waals surface area contributed by atoms with E-state index in [1.807, 2.05) is 37.3 Å². The zero-order chi connectivity index (χ0) is 21.7. The number of para-hydroxylation sites is 2. The summed E-state index contributed by atoms with van der Waals surface area (Å²) in [6, 6.07) is 16.3. The van der Waals surface area contributed by atoms with Gasteiger partial charge >= 0.3 is 5.97 Å². The van der Waals surface area contributed by atoms with Crippen LogP contribution in [-0.4, -0.2) is 34.5 Å². The van der Waals surface area contributed by atoms with Crippen LogP contribution in [0.25, 0.3) is 5.69 Å². The van der Waals surface area contributed by atoms with Crippen LogP contribution in [0.4, 0.5) is 5.69 Å². The van der Waals surface area contributed by atoms with Crippen LogP contribution in [0.5, 0.6) is 5.75 Å². The molecule has 0 saturated carbocycles. The second-order valence-electron chi connectivity index (χ2n) is 6.70. The topological polar surface area (TPSA) is 91.6 Å². The molecule has 3 aromatic rings. The lowest BCUT2D eigenvalue weighted by Gasteiger charge is -2.09. The van der Waals surface area contributed by atoms with Gasteiger partial charge in [-0.05, 0) is 37.6 Å². The number of carbonyl (C=O) groups is 2. The Kier molecular flexibility index (Phi) is 6.36. The quantitative estimate of drug-likeness (QED) is 0.605. The van der Waals surface area contributed by atoms with Gasteiger partial charge in [0.1, 0.15) is 11.4 Å². The summed E-state index contributed by atoms with van der Waals surface area (Å²) in [6.45, 7) is 2.75. The van der Waals surface area contributed by atoms with E-state index < -0.39 is 18.5 Å².